The number of rotatable bonds is 4. The number of carbonyl (C=O) groups excluding carboxylic acids is 2. The summed E-state index contributed by atoms with van der Waals surface area (Å²) in [5, 5.41) is 12.0. The Morgan fingerprint density at radius 2 is 1.74 bits per heavy atom. The zero-order valence-corrected chi connectivity index (χ0v) is 20.4. The summed E-state index contributed by atoms with van der Waals surface area (Å²) in [5.74, 6) is -1.14. The van der Waals surface area contributed by atoms with Crippen LogP contribution in [-0.4, -0.2) is 23.9 Å². The molecule has 5 rings (SSSR count). The van der Waals surface area contributed by atoms with Crippen LogP contribution in [0.3, 0.4) is 0 Å². The van der Waals surface area contributed by atoms with Crippen molar-refractivity contribution in [2.24, 2.45) is 0 Å². The molecule has 1 N–H and O–H groups in total. The van der Waals surface area contributed by atoms with Crippen LogP contribution in [0.2, 0.25) is 5.02 Å². The maximum Gasteiger partial charge on any atom is 0.300 e. The number of hydrogen-bond acceptors (Lipinski definition) is 4. The van der Waals surface area contributed by atoms with Gasteiger partial charge < -0.3 is 9.84 Å². The predicted octanol–water partition coefficient (Wildman–Crippen LogP) is 6.16. The highest BCUT2D eigenvalue weighted by Gasteiger charge is 2.48. The summed E-state index contributed by atoms with van der Waals surface area (Å²) in [5.41, 5.74) is 4.94. The Hall–Kier alpha value is -3.57. The van der Waals surface area contributed by atoms with E-state index < -0.39 is 17.7 Å². The Bertz CT molecular complexity index is 1380. The molecule has 5 nitrogen and oxygen atoms in total. The Balaban J connectivity index is 1.73. The lowest BCUT2D eigenvalue weighted by atomic mass is 9.88. The number of para-hydroxylation sites is 1. The van der Waals surface area contributed by atoms with Crippen molar-refractivity contribution in [2.75, 3.05) is 12.0 Å². The van der Waals surface area contributed by atoms with Crippen molar-refractivity contribution in [3.63, 3.8) is 0 Å². The van der Waals surface area contributed by atoms with Crippen LogP contribution in [0.1, 0.15) is 46.7 Å². The Morgan fingerprint density at radius 1 is 1.00 bits per heavy atom. The highest BCUT2D eigenvalue weighted by atomic mass is 35.5. The summed E-state index contributed by atoms with van der Waals surface area (Å²) in [4.78, 5) is 28.3. The molecule has 1 heterocycles. The minimum atomic E-state index is -0.874. The molecule has 0 aromatic heterocycles. The van der Waals surface area contributed by atoms with Crippen molar-refractivity contribution < 1.29 is 19.4 Å². The second kappa shape index (κ2) is 9.23. The first-order valence-corrected chi connectivity index (χ1v) is 12.1. The van der Waals surface area contributed by atoms with Crippen molar-refractivity contribution in [3.8, 4) is 5.75 Å². The zero-order valence-electron chi connectivity index (χ0n) is 19.7. The van der Waals surface area contributed by atoms with E-state index >= 15 is 0 Å². The molecule has 1 aliphatic carbocycles. The number of halogens is 1. The van der Waals surface area contributed by atoms with Crippen molar-refractivity contribution >= 4 is 34.7 Å². The van der Waals surface area contributed by atoms with Crippen LogP contribution in [0, 0.1) is 6.92 Å². The topological polar surface area (TPSA) is 66.8 Å². The summed E-state index contributed by atoms with van der Waals surface area (Å²) >= 11 is 6.38. The van der Waals surface area contributed by atoms with E-state index in [4.69, 9.17) is 16.3 Å². The van der Waals surface area contributed by atoms with Gasteiger partial charge in [-0.05, 0) is 73.6 Å². The van der Waals surface area contributed by atoms with Gasteiger partial charge in [-0.1, -0.05) is 48.0 Å². The molecule has 1 fully saturated rings. The van der Waals surface area contributed by atoms with E-state index in [-0.39, 0.29) is 11.3 Å². The fraction of sp³-hybridized carbons (Fsp3) is 0.241. The number of anilines is 1. The van der Waals surface area contributed by atoms with Gasteiger partial charge in [0.05, 0.1) is 18.7 Å². The van der Waals surface area contributed by atoms with Gasteiger partial charge in [-0.3, -0.25) is 14.5 Å². The van der Waals surface area contributed by atoms with Crippen LogP contribution in [0.15, 0.2) is 66.2 Å². The molecule has 1 aliphatic heterocycles. The lowest BCUT2D eigenvalue weighted by Crippen LogP contribution is -2.29. The first-order chi connectivity index (χ1) is 16.9. The number of nitrogens with zero attached hydrogens (tertiary/aromatic N) is 1. The van der Waals surface area contributed by atoms with Crippen LogP contribution in [0.25, 0.3) is 5.76 Å². The molecule has 35 heavy (non-hydrogen) atoms. The molecule has 3 aromatic rings. The summed E-state index contributed by atoms with van der Waals surface area (Å²) in [6, 6.07) is 17.4. The smallest absolute Gasteiger partial charge is 0.300 e. The number of fused-ring (bicyclic) bond motifs is 1. The molecule has 1 atom stereocenters. The highest BCUT2D eigenvalue weighted by molar-refractivity contribution is 6.52. The number of ether oxygens (including phenoxy) is 1. The molecule has 0 bridgehead atoms. The molecule has 0 saturated carbocycles. The highest BCUT2D eigenvalue weighted by Crippen LogP contribution is 2.45. The quantitative estimate of drug-likeness (QED) is 0.272. The van der Waals surface area contributed by atoms with Crippen molar-refractivity contribution in [2.45, 2.75) is 38.6 Å². The molecule has 0 spiro atoms. The van der Waals surface area contributed by atoms with Crippen LogP contribution in [0.5, 0.6) is 5.75 Å². The minimum Gasteiger partial charge on any atom is -0.507 e. The third-order valence-electron chi connectivity index (χ3n) is 6.93. The number of aryl methyl sites for hydroxylation is 3. The third kappa shape index (κ3) is 4.00. The van der Waals surface area contributed by atoms with Gasteiger partial charge in [0.2, 0.25) is 0 Å². The first-order valence-electron chi connectivity index (χ1n) is 11.7. The van der Waals surface area contributed by atoms with Gasteiger partial charge in [0, 0.05) is 21.8 Å². The standard InChI is InChI=1S/C29H26ClNO4/c1-17-11-14-21(16-23(17)30)31-26(22-9-5-6-10-24(22)35-2)25(28(33)29(31)34)27(32)20-13-12-18-7-3-4-8-19(18)15-20/h5-6,9-16,26,32H,3-4,7-8H2,1-2H3/b27-25+. The van der Waals surface area contributed by atoms with Gasteiger partial charge in [-0.2, -0.15) is 0 Å². The molecule has 1 unspecified atom stereocenters. The van der Waals surface area contributed by atoms with Crippen LogP contribution >= 0.6 is 11.6 Å². The molecule has 6 heteroatoms. The SMILES string of the molecule is COc1ccccc1C1/C(=C(\O)c2ccc3c(c2)CCCC3)C(=O)C(=O)N1c1ccc(C)c(Cl)c1. The average Bonchev–Trinajstić information content (AvgIpc) is 3.15. The van der Waals surface area contributed by atoms with Crippen molar-refractivity contribution in [1.29, 1.82) is 0 Å². The van der Waals surface area contributed by atoms with Gasteiger partial charge in [0.15, 0.2) is 0 Å². The maximum absolute atomic E-state index is 13.4. The van der Waals surface area contributed by atoms with E-state index in [1.807, 2.05) is 37.3 Å². The van der Waals surface area contributed by atoms with E-state index in [0.717, 1.165) is 31.2 Å². The number of methoxy groups -OCH3 is 1. The number of Topliss-reactive ketones (excluding diaryl/α,β-unsaturated/α-hetero) is 1. The summed E-state index contributed by atoms with van der Waals surface area (Å²) in [6.45, 7) is 1.87. The predicted molar refractivity (Wildman–Crippen MR) is 137 cm³/mol. The fourth-order valence-corrected chi connectivity index (χ4v) is 5.23. The number of hydrogen-bond donors (Lipinski definition) is 1. The largest absolute Gasteiger partial charge is 0.507 e. The number of amides is 1. The Kier molecular flexibility index (Phi) is 6.12. The molecular weight excluding hydrogens is 462 g/mol. The van der Waals surface area contributed by atoms with E-state index in [0.29, 0.717) is 27.6 Å². The van der Waals surface area contributed by atoms with Crippen LogP contribution in [-0.2, 0) is 22.4 Å². The van der Waals surface area contributed by atoms with Gasteiger partial charge >= 0.3 is 0 Å². The maximum atomic E-state index is 13.4. The molecule has 3 aromatic carbocycles. The van der Waals surface area contributed by atoms with Crippen LogP contribution < -0.4 is 9.64 Å². The minimum absolute atomic E-state index is 0.0342. The van der Waals surface area contributed by atoms with Gasteiger partial charge in [0.1, 0.15) is 11.5 Å². The number of ketones is 1. The first kappa shape index (κ1) is 23.2. The second-order valence-corrected chi connectivity index (χ2v) is 9.44. The number of benzene rings is 3. The Morgan fingerprint density at radius 3 is 2.49 bits per heavy atom. The summed E-state index contributed by atoms with van der Waals surface area (Å²) < 4.78 is 5.58. The molecular formula is C29H26ClNO4. The third-order valence-corrected chi connectivity index (χ3v) is 7.34. The van der Waals surface area contributed by atoms with Crippen molar-refractivity contribution in [3.05, 3.63) is 99.1 Å². The van der Waals surface area contributed by atoms with Crippen molar-refractivity contribution in [1.82, 2.24) is 0 Å². The number of carbonyl (C=O) groups is 2. The van der Waals surface area contributed by atoms with E-state index in [1.165, 1.54) is 23.1 Å². The average molecular weight is 488 g/mol. The molecule has 0 radical (unpaired) electrons. The second-order valence-electron chi connectivity index (χ2n) is 9.04. The molecule has 178 valence electrons. The van der Waals surface area contributed by atoms with Gasteiger partial charge in [-0.15, -0.1) is 0 Å². The molecule has 1 amide bonds. The number of aliphatic hydroxyl groups excluding tert-OH is 1. The van der Waals surface area contributed by atoms with Gasteiger partial charge in [0.25, 0.3) is 11.7 Å². The summed E-state index contributed by atoms with van der Waals surface area (Å²) in [6.07, 6.45) is 4.19. The van der Waals surface area contributed by atoms with Gasteiger partial charge in [-0.25, -0.2) is 0 Å². The fourth-order valence-electron chi connectivity index (χ4n) is 5.05. The lowest BCUT2D eigenvalue weighted by molar-refractivity contribution is -0.132. The Labute approximate surface area is 209 Å². The van der Waals surface area contributed by atoms with E-state index in [9.17, 15) is 14.7 Å². The summed E-state index contributed by atoms with van der Waals surface area (Å²) in [7, 11) is 1.54. The van der Waals surface area contributed by atoms with E-state index in [1.54, 1.807) is 30.3 Å². The normalized spacial score (nSPS) is 19.1. The number of aliphatic hydroxyl groups is 1. The van der Waals surface area contributed by atoms with Crippen LogP contribution in [0.4, 0.5) is 5.69 Å². The zero-order chi connectivity index (χ0) is 24.7. The molecule has 1 saturated heterocycles. The lowest BCUT2D eigenvalue weighted by Gasteiger charge is -2.27. The molecule has 2 aliphatic rings. The monoisotopic (exact) mass is 487 g/mol. The van der Waals surface area contributed by atoms with E-state index in [2.05, 4.69) is 0 Å².